The normalized spacial score (nSPS) is 10.2. The van der Waals surface area contributed by atoms with Gasteiger partial charge in [-0.15, -0.1) is 0 Å². The molecule has 96 valence electrons. The molecule has 4 nitrogen and oxygen atoms in total. The van der Waals surface area contributed by atoms with Crippen LogP contribution >= 0.6 is 0 Å². The van der Waals surface area contributed by atoms with Gasteiger partial charge in [0.15, 0.2) is 0 Å². The molecule has 0 radical (unpaired) electrons. The van der Waals surface area contributed by atoms with E-state index in [0.717, 1.165) is 28.0 Å². The van der Waals surface area contributed by atoms with E-state index in [9.17, 15) is 0 Å². The molecule has 0 aliphatic rings. The molecule has 1 heterocycles. The standard InChI is InChI=1S/C16H12N4/c17-10-11-2-1-3-14(8-11)20-16-15-5-4-13(18)9-12(15)6-7-19-16/h1-9H,18H2,(H,19,20). The fourth-order valence-electron chi connectivity index (χ4n) is 2.10. The van der Waals surface area contributed by atoms with Gasteiger partial charge in [0, 0.05) is 23.0 Å². The molecule has 0 fully saturated rings. The maximum absolute atomic E-state index is 8.92. The van der Waals surface area contributed by atoms with Crippen molar-refractivity contribution in [3.8, 4) is 6.07 Å². The highest BCUT2D eigenvalue weighted by Gasteiger charge is 2.03. The van der Waals surface area contributed by atoms with Crippen LogP contribution in [0.15, 0.2) is 54.7 Å². The molecule has 0 amide bonds. The summed E-state index contributed by atoms with van der Waals surface area (Å²) in [6.45, 7) is 0. The predicted octanol–water partition coefficient (Wildman–Crippen LogP) is 3.43. The molecule has 0 aliphatic carbocycles. The average molecular weight is 260 g/mol. The molecule has 3 aromatic rings. The van der Waals surface area contributed by atoms with Gasteiger partial charge in [0.05, 0.1) is 11.6 Å². The molecule has 3 N–H and O–H groups in total. The number of nitrogens with one attached hydrogen (secondary N) is 1. The van der Waals surface area contributed by atoms with E-state index in [1.807, 2.05) is 36.4 Å². The lowest BCUT2D eigenvalue weighted by Gasteiger charge is -2.09. The number of pyridine rings is 1. The van der Waals surface area contributed by atoms with Crippen molar-refractivity contribution in [3.63, 3.8) is 0 Å². The number of hydrogen-bond donors (Lipinski definition) is 2. The first kappa shape index (κ1) is 12.0. The van der Waals surface area contributed by atoms with Crippen molar-refractivity contribution >= 4 is 28.0 Å². The van der Waals surface area contributed by atoms with E-state index < -0.39 is 0 Å². The lowest BCUT2D eigenvalue weighted by Crippen LogP contribution is -1.95. The number of fused-ring (bicyclic) bond motifs is 1. The number of rotatable bonds is 2. The van der Waals surface area contributed by atoms with Crippen LogP contribution in [0.2, 0.25) is 0 Å². The lowest BCUT2D eigenvalue weighted by molar-refractivity contribution is 1.34. The van der Waals surface area contributed by atoms with Gasteiger partial charge in [-0.25, -0.2) is 4.98 Å². The van der Waals surface area contributed by atoms with Crippen LogP contribution in [0.1, 0.15) is 5.56 Å². The van der Waals surface area contributed by atoms with Crippen LogP contribution in [0.3, 0.4) is 0 Å². The molecule has 4 heteroatoms. The molecule has 20 heavy (non-hydrogen) atoms. The van der Waals surface area contributed by atoms with Gasteiger partial charge in [0.25, 0.3) is 0 Å². The van der Waals surface area contributed by atoms with E-state index >= 15 is 0 Å². The lowest BCUT2D eigenvalue weighted by atomic mass is 10.1. The van der Waals surface area contributed by atoms with Crippen LogP contribution in [0.25, 0.3) is 10.8 Å². The third-order valence-corrected chi connectivity index (χ3v) is 3.04. The summed E-state index contributed by atoms with van der Waals surface area (Å²) in [5.41, 5.74) is 7.96. The highest BCUT2D eigenvalue weighted by Crippen LogP contribution is 2.26. The van der Waals surface area contributed by atoms with E-state index in [0.29, 0.717) is 5.56 Å². The number of benzene rings is 2. The van der Waals surface area contributed by atoms with Crippen LogP contribution in [0, 0.1) is 11.3 Å². The smallest absolute Gasteiger partial charge is 0.138 e. The van der Waals surface area contributed by atoms with E-state index in [2.05, 4.69) is 16.4 Å². The van der Waals surface area contributed by atoms with Gasteiger partial charge in [-0.2, -0.15) is 5.26 Å². The summed E-state index contributed by atoms with van der Waals surface area (Å²) in [5, 5.41) is 14.2. The summed E-state index contributed by atoms with van der Waals surface area (Å²) >= 11 is 0. The Morgan fingerprint density at radius 2 is 2.00 bits per heavy atom. The minimum atomic E-state index is 0.611. The zero-order chi connectivity index (χ0) is 13.9. The van der Waals surface area contributed by atoms with Gasteiger partial charge in [-0.1, -0.05) is 6.07 Å². The second-order valence-corrected chi connectivity index (χ2v) is 4.46. The van der Waals surface area contributed by atoms with Crippen molar-refractivity contribution < 1.29 is 0 Å². The van der Waals surface area contributed by atoms with Crippen LogP contribution in [-0.4, -0.2) is 4.98 Å². The monoisotopic (exact) mass is 260 g/mol. The van der Waals surface area contributed by atoms with E-state index in [1.165, 1.54) is 0 Å². The van der Waals surface area contributed by atoms with Crippen LogP contribution in [0.5, 0.6) is 0 Å². The minimum absolute atomic E-state index is 0.611. The fraction of sp³-hybridized carbons (Fsp3) is 0. The zero-order valence-corrected chi connectivity index (χ0v) is 10.7. The second kappa shape index (κ2) is 4.90. The molecular weight excluding hydrogens is 248 g/mol. The first-order valence-corrected chi connectivity index (χ1v) is 6.18. The van der Waals surface area contributed by atoms with Crippen LogP contribution in [0.4, 0.5) is 17.2 Å². The number of nitrogens with two attached hydrogens (primary N) is 1. The van der Waals surface area contributed by atoms with Crippen molar-refractivity contribution in [2.45, 2.75) is 0 Å². The Kier molecular flexibility index (Phi) is 2.94. The molecule has 0 atom stereocenters. The van der Waals surface area contributed by atoms with Crippen LogP contribution in [-0.2, 0) is 0 Å². The predicted molar refractivity (Wildman–Crippen MR) is 80.6 cm³/mol. The van der Waals surface area contributed by atoms with E-state index in [1.54, 1.807) is 18.3 Å². The van der Waals surface area contributed by atoms with Gasteiger partial charge < -0.3 is 11.1 Å². The molecule has 0 aliphatic heterocycles. The molecule has 2 aromatic carbocycles. The van der Waals surface area contributed by atoms with E-state index in [-0.39, 0.29) is 0 Å². The van der Waals surface area contributed by atoms with Crippen molar-refractivity contribution in [1.29, 1.82) is 5.26 Å². The molecule has 0 saturated heterocycles. The molecular formula is C16H12N4. The van der Waals surface area contributed by atoms with Crippen molar-refractivity contribution in [1.82, 2.24) is 4.98 Å². The summed E-state index contributed by atoms with van der Waals surface area (Å²) in [6, 6.07) is 17.0. The maximum atomic E-state index is 8.92. The highest BCUT2D eigenvalue weighted by molar-refractivity contribution is 5.94. The summed E-state index contributed by atoms with van der Waals surface area (Å²) in [7, 11) is 0. The average Bonchev–Trinajstić information content (AvgIpc) is 2.47. The summed E-state index contributed by atoms with van der Waals surface area (Å²) in [5.74, 6) is 0.748. The van der Waals surface area contributed by atoms with Crippen molar-refractivity contribution in [3.05, 3.63) is 60.3 Å². The Hall–Kier alpha value is -3.06. The highest BCUT2D eigenvalue weighted by atomic mass is 15.0. The van der Waals surface area contributed by atoms with Gasteiger partial charge in [0.2, 0.25) is 0 Å². The van der Waals surface area contributed by atoms with Crippen molar-refractivity contribution in [2.24, 2.45) is 0 Å². The molecule has 0 spiro atoms. The minimum Gasteiger partial charge on any atom is -0.399 e. The van der Waals surface area contributed by atoms with Gasteiger partial charge >= 0.3 is 0 Å². The number of hydrogen-bond acceptors (Lipinski definition) is 4. The molecule has 0 saturated carbocycles. The second-order valence-electron chi connectivity index (χ2n) is 4.46. The first-order valence-electron chi connectivity index (χ1n) is 6.18. The third kappa shape index (κ3) is 2.25. The summed E-state index contributed by atoms with van der Waals surface area (Å²) < 4.78 is 0. The van der Waals surface area contributed by atoms with E-state index in [4.69, 9.17) is 11.0 Å². The van der Waals surface area contributed by atoms with Crippen molar-refractivity contribution in [2.75, 3.05) is 11.1 Å². The number of nitrogen functional groups attached to an aromatic ring is 1. The topological polar surface area (TPSA) is 74.7 Å². The summed E-state index contributed by atoms with van der Waals surface area (Å²) in [4.78, 5) is 4.35. The number of nitriles is 1. The molecule has 1 aromatic heterocycles. The summed E-state index contributed by atoms with van der Waals surface area (Å²) in [6.07, 6.45) is 1.73. The van der Waals surface area contributed by atoms with Gasteiger partial charge in [0.1, 0.15) is 5.82 Å². The van der Waals surface area contributed by atoms with Gasteiger partial charge in [-0.05, 0) is 47.9 Å². The number of nitrogens with zero attached hydrogens (tertiary/aromatic N) is 2. The molecule has 3 rings (SSSR count). The maximum Gasteiger partial charge on any atom is 0.138 e. The molecule has 0 unspecified atom stereocenters. The largest absolute Gasteiger partial charge is 0.399 e. The Morgan fingerprint density at radius 3 is 2.85 bits per heavy atom. The third-order valence-electron chi connectivity index (χ3n) is 3.04. The van der Waals surface area contributed by atoms with Gasteiger partial charge in [-0.3, -0.25) is 0 Å². The number of aromatic nitrogens is 1. The SMILES string of the molecule is N#Cc1cccc(Nc2nccc3cc(N)ccc23)c1. The fourth-order valence-corrected chi connectivity index (χ4v) is 2.10. The zero-order valence-electron chi connectivity index (χ0n) is 10.7. The molecule has 0 bridgehead atoms. The Bertz CT molecular complexity index is 818. The Labute approximate surface area is 116 Å². The Morgan fingerprint density at radius 1 is 1.10 bits per heavy atom. The quantitative estimate of drug-likeness (QED) is 0.692. The Balaban J connectivity index is 2.04. The number of anilines is 3. The first-order chi connectivity index (χ1) is 9.76. The van der Waals surface area contributed by atoms with Crippen LogP contribution < -0.4 is 11.1 Å².